The predicted molar refractivity (Wildman–Crippen MR) is 81.6 cm³/mol. The number of nitrogens with zero attached hydrogens (tertiary/aromatic N) is 1. The fourth-order valence-corrected chi connectivity index (χ4v) is 2.54. The Labute approximate surface area is 140 Å². The predicted octanol–water partition coefficient (Wildman–Crippen LogP) is 3.20. The lowest BCUT2D eigenvalue weighted by atomic mass is 10.1. The van der Waals surface area contributed by atoms with E-state index >= 15 is 0 Å². The molecule has 0 unspecified atom stereocenters. The van der Waals surface area contributed by atoms with Crippen LogP contribution in [0.5, 0.6) is 5.75 Å². The molecule has 25 heavy (non-hydrogen) atoms. The molecule has 1 atom stereocenters. The summed E-state index contributed by atoms with van der Waals surface area (Å²) in [5, 5.41) is 9.17. The number of hydrogen-bond acceptors (Lipinski definition) is 3. The number of carboxylic acids is 1. The van der Waals surface area contributed by atoms with Crippen LogP contribution in [0.3, 0.4) is 0 Å². The minimum absolute atomic E-state index is 0.182. The molecule has 0 aromatic heterocycles. The number of aliphatic carboxylic acids is 1. The number of halogens is 3. The first-order valence-corrected chi connectivity index (χ1v) is 7.25. The minimum Gasteiger partial charge on any atom is -0.478 e. The summed E-state index contributed by atoms with van der Waals surface area (Å²) in [5.74, 6) is -1.81. The molecule has 0 bridgehead atoms. The Kier molecular flexibility index (Phi) is 4.12. The molecule has 130 valence electrons. The Hall–Kier alpha value is -3.03. The van der Waals surface area contributed by atoms with E-state index in [1.807, 2.05) is 0 Å². The minimum atomic E-state index is -4.58. The molecule has 1 N–H and O–H groups in total. The van der Waals surface area contributed by atoms with Gasteiger partial charge in [0.1, 0.15) is 5.75 Å². The van der Waals surface area contributed by atoms with Crippen LogP contribution in [0.2, 0.25) is 0 Å². The van der Waals surface area contributed by atoms with Crippen LogP contribution in [0.4, 0.5) is 18.9 Å². The van der Waals surface area contributed by atoms with Gasteiger partial charge in [0.25, 0.3) is 5.91 Å². The standard InChI is InChI=1S/C17H12F3NO4/c18-17(19,20)11-5-3-4-10(8-11)15(22)21-9-14(16(23)24)25-13-7-2-1-6-12(13)21/h1-8,14H,9H2,(H,23,24)/t14-/m1/s1. The number of carbonyl (C=O) groups is 2. The Bertz CT molecular complexity index is 835. The molecule has 0 spiro atoms. The zero-order chi connectivity index (χ0) is 18.2. The van der Waals surface area contributed by atoms with Crippen LogP contribution in [0.1, 0.15) is 15.9 Å². The van der Waals surface area contributed by atoms with E-state index in [1.54, 1.807) is 18.2 Å². The molecule has 5 nitrogen and oxygen atoms in total. The average Bonchev–Trinajstić information content (AvgIpc) is 2.59. The highest BCUT2D eigenvalue weighted by Crippen LogP contribution is 2.35. The number of para-hydroxylation sites is 2. The normalized spacial score (nSPS) is 16.8. The second-order valence-corrected chi connectivity index (χ2v) is 5.41. The van der Waals surface area contributed by atoms with Gasteiger partial charge in [0.2, 0.25) is 6.10 Å². The lowest BCUT2D eigenvalue weighted by Crippen LogP contribution is -2.47. The highest BCUT2D eigenvalue weighted by molar-refractivity contribution is 6.07. The fraction of sp³-hybridized carbons (Fsp3) is 0.176. The van der Waals surface area contributed by atoms with Gasteiger partial charge in [0.15, 0.2) is 0 Å². The van der Waals surface area contributed by atoms with Gasteiger partial charge in [-0.25, -0.2) is 4.79 Å². The smallest absolute Gasteiger partial charge is 0.416 e. The molecule has 2 aromatic rings. The summed E-state index contributed by atoms with van der Waals surface area (Å²) < 4.78 is 43.9. The van der Waals surface area contributed by atoms with Crippen molar-refractivity contribution < 1.29 is 32.6 Å². The van der Waals surface area contributed by atoms with E-state index in [0.717, 1.165) is 23.1 Å². The van der Waals surface area contributed by atoms with E-state index in [1.165, 1.54) is 12.1 Å². The fourth-order valence-electron chi connectivity index (χ4n) is 2.54. The van der Waals surface area contributed by atoms with Crippen molar-refractivity contribution in [1.82, 2.24) is 0 Å². The monoisotopic (exact) mass is 351 g/mol. The third-order valence-corrected chi connectivity index (χ3v) is 3.73. The van der Waals surface area contributed by atoms with Gasteiger partial charge in [-0.1, -0.05) is 18.2 Å². The highest BCUT2D eigenvalue weighted by Gasteiger charge is 2.35. The van der Waals surface area contributed by atoms with E-state index in [4.69, 9.17) is 4.74 Å². The van der Waals surface area contributed by atoms with Crippen LogP contribution in [0, 0.1) is 0 Å². The van der Waals surface area contributed by atoms with Gasteiger partial charge in [0.05, 0.1) is 17.8 Å². The Balaban J connectivity index is 2.00. The largest absolute Gasteiger partial charge is 0.478 e. The van der Waals surface area contributed by atoms with Crippen molar-refractivity contribution in [2.24, 2.45) is 0 Å². The van der Waals surface area contributed by atoms with Crippen LogP contribution in [0.25, 0.3) is 0 Å². The maximum Gasteiger partial charge on any atom is 0.416 e. The number of ether oxygens (including phenoxy) is 1. The van der Waals surface area contributed by atoms with Crippen LogP contribution < -0.4 is 9.64 Å². The summed E-state index contributed by atoms with van der Waals surface area (Å²) >= 11 is 0. The molecular formula is C17H12F3NO4. The van der Waals surface area contributed by atoms with Gasteiger partial charge >= 0.3 is 12.1 Å². The summed E-state index contributed by atoms with van der Waals surface area (Å²) in [6.45, 7) is -0.304. The lowest BCUT2D eigenvalue weighted by Gasteiger charge is -2.33. The molecule has 3 rings (SSSR count). The average molecular weight is 351 g/mol. The third kappa shape index (κ3) is 3.28. The number of hydrogen-bond donors (Lipinski definition) is 1. The molecule has 0 fully saturated rings. The molecule has 0 saturated carbocycles. The van der Waals surface area contributed by atoms with Crippen molar-refractivity contribution in [3.63, 3.8) is 0 Å². The molecule has 0 radical (unpaired) electrons. The van der Waals surface area contributed by atoms with E-state index in [2.05, 4.69) is 0 Å². The van der Waals surface area contributed by atoms with Crippen molar-refractivity contribution in [2.75, 3.05) is 11.4 Å². The molecule has 0 saturated heterocycles. The first-order chi connectivity index (χ1) is 11.8. The molecular weight excluding hydrogens is 339 g/mol. The maximum absolute atomic E-state index is 12.9. The van der Waals surface area contributed by atoms with Gasteiger partial charge in [-0.05, 0) is 30.3 Å². The molecule has 1 aliphatic rings. The zero-order valence-electron chi connectivity index (χ0n) is 12.7. The summed E-state index contributed by atoms with van der Waals surface area (Å²) in [7, 11) is 0. The molecule has 1 aliphatic heterocycles. The maximum atomic E-state index is 12.9. The number of fused-ring (bicyclic) bond motifs is 1. The summed E-state index contributed by atoms with van der Waals surface area (Å²) in [6, 6.07) is 10.3. The van der Waals surface area contributed by atoms with Gasteiger partial charge in [-0.3, -0.25) is 4.79 Å². The summed E-state index contributed by atoms with van der Waals surface area (Å²) in [5.41, 5.74) is -0.826. The summed E-state index contributed by atoms with van der Waals surface area (Å²) in [6.07, 6.45) is -5.88. The zero-order valence-corrected chi connectivity index (χ0v) is 12.7. The van der Waals surface area contributed by atoms with E-state index in [-0.39, 0.29) is 17.9 Å². The molecule has 1 heterocycles. The number of rotatable bonds is 2. The lowest BCUT2D eigenvalue weighted by molar-refractivity contribution is -0.144. The quantitative estimate of drug-likeness (QED) is 0.902. The number of carboxylic acid groups (broad SMARTS) is 1. The van der Waals surface area contributed by atoms with Crippen LogP contribution in [0.15, 0.2) is 48.5 Å². The van der Waals surface area contributed by atoms with Crippen LogP contribution in [-0.4, -0.2) is 29.6 Å². The summed E-state index contributed by atoms with van der Waals surface area (Å²) in [4.78, 5) is 25.1. The number of amides is 1. The Morgan fingerprint density at radius 1 is 1.12 bits per heavy atom. The van der Waals surface area contributed by atoms with Gasteiger partial charge in [-0.2, -0.15) is 13.2 Å². The van der Waals surface area contributed by atoms with Gasteiger partial charge in [-0.15, -0.1) is 0 Å². The molecule has 2 aromatic carbocycles. The van der Waals surface area contributed by atoms with E-state index in [0.29, 0.717) is 5.69 Å². The highest BCUT2D eigenvalue weighted by atomic mass is 19.4. The van der Waals surface area contributed by atoms with Gasteiger partial charge in [0, 0.05) is 5.56 Å². The van der Waals surface area contributed by atoms with Crippen LogP contribution >= 0.6 is 0 Å². The van der Waals surface area contributed by atoms with Crippen molar-refractivity contribution in [1.29, 1.82) is 0 Å². The van der Waals surface area contributed by atoms with Crippen molar-refractivity contribution in [3.05, 3.63) is 59.7 Å². The number of carbonyl (C=O) groups excluding carboxylic acids is 1. The molecule has 0 aliphatic carbocycles. The van der Waals surface area contributed by atoms with Crippen molar-refractivity contribution >= 4 is 17.6 Å². The van der Waals surface area contributed by atoms with Crippen molar-refractivity contribution in [3.8, 4) is 5.75 Å². The number of benzene rings is 2. The first kappa shape index (κ1) is 16.8. The van der Waals surface area contributed by atoms with E-state index in [9.17, 15) is 27.9 Å². The Morgan fingerprint density at radius 2 is 1.84 bits per heavy atom. The van der Waals surface area contributed by atoms with Crippen LogP contribution in [-0.2, 0) is 11.0 Å². The number of anilines is 1. The second-order valence-electron chi connectivity index (χ2n) is 5.41. The Morgan fingerprint density at radius 3 is 2.52 bits per heavy atom. The molecule has 1 amide bonds. The SMILES string of the molecule is O=C(O)[C@H]1CN(C(=O)c2cccc(C(F)(F)F)c2)c2ccccc2O1. The first-order valence-electron chi connectivity index (χ1n) is 7.25. The topological polar surface area (TPSA) is 66.8 Å². The van der Waals surface area contributed by atoms with Gasteiger partial charge < -0.3 is 14.7 Å². The number of alkyl halides is 3. The molecule has 8 heteroatoms. The van der Waals surface area contributed by atoms with Crippen molar-refractivity contribution in [2.45, 2.75) is 12.3 Å². The second kappa shape index (κ2) is 6.12. The van der Waals surface area contributed by atoms with E-state index < -0.39 is 29.7 Å². The third-order valence-electron chi connectivity index (χ3n) is 3.73.